The Balaban J connectivity index is 1.47. The van der Waals surface area contributed by atoms with Gasteiger partial charge in [-0.25, -0.2) is 0 Å². The zero-order valence-corrected chi connectivity index (χ0v) is 12.8. The van der Waals surface area contributed by atoms with Crippen LogP contribution in [-0.2, 0) is 13.1 Å². The van der Waals surface area contributed by atoms with Crippen LogP contribution in [0.15, 0.2) is 17.7 Å². The molecule has 1 aromatic heterocycles. The molecular weight excluding hydrogens is 260 g/mol. The van der Waals surface area contributed by atoms with Crippen LogP contribution in [0.25, 0.3) is 0 Å². The Kier molecular flexibility index (Phi) is 2.77. The molecule has 2 atom stereocenters. The molecule has 4 nitrogen and oxygen atoms in total. The van der Waals surface area contributed by atoms with Crippen molar-refractivity contribution in [1.82, 2.24) is 14.7 Å². The van der Waals surface area contributed by atoms with Gasteiger partial charge >= 0.3 is 0 Å². The van der Waals surface area contributed by atoms with Crippen LogP contribution in [0.5, 0.6) is 0 Å². The monoisotopic (exact) mass is 282 g/mol. The van der Waals surface area contributed by atoms with E-state index in [0.29, 0.717) is 11.1 Å². The van der Waals surface area contributed by atoms with E-state index in [-0.39, 0.29) is 0 Å². The molecule has 0 amide bonds. The number of hydrogen-bond donors (Lipinski definition) is 0. The van der Waals surface area contributed by atoms with Gasteiger partial charge in [0.1, 0.15) is 6.07 Å². The largest absolute Gasteiger partial charge is 0.292 e. The quantitative estimate of drug-likeness (QED) is 0.783. The van der Waals surface area contributed by atoms with Crippen molar-refractivity contribution in [3.63, 3.8) is 0 Å². The van der Waals surface area contributed by atoms with Crippen LogP contribution in [0.3, 0.4) is 0 Å². The number of rotatable bonds is 2. The molecule has 0 saturated heterocycles. The number of fused-ring (bicyclic) bond motifs is 2. The molecule has 5 rings (SSSR count). The topological polar surface area (TPSA) is 44.9 Å². The molecule has 1 aliphatic heterocycles. The minimum Gasteiger partial charge on any atom is -0.292 e. The molecule has 110 valence electrons. The first-order valence-electron chi connectivity index (χ1n) is 7.96. The van der Waals surface area contributed by atoms with Crippen LogP contribution in [0.2, 0.25) is 0 Å². The Morgan fingerprint density at radius 3 is 3.00 bits per heavy atom. The highest BCUT2D eigenvalue weighted by Gasteiger charge is 2.51. The summed E-state index contributed by atoms with van der Waals surface area (Å²) in [5, 5.41) is 13.3. The SMILES string of the molecule is CC1(C)[C@H]2CC=C(CN3CCn4nc(C#N)cc4C3)[C@@H]1C2. The van der Waals surface area contributed by atoms with Crippen molar-refractivity contribution >= 4 is 0 Å². The maximum absolute atomic E-state index is 8.96. The Morgan fingerprint density at radius 2 is 2.29 bits per heavy atom. The Hall–Kier alpha value is -1.60. The van der Waals surface area contributed by atoms with Gasteiger partial charge in [0.2, 0.25) is 0 Å². The summed E-state index contributed by atoms with van der Waals surface area (Å²) in [6.45, 7) is 8.82. The summed E-state index contributed by atoms with van der Waals surface area (Å²) in [7, 11) is 0. The highest BCUT2D eigenvalue weighted by Crippen LogP contribution is 2.59. The predicted octanol–water partition coefficient (Wildman–Crippen LogP) is 2.56. The molecule has 0 spiro atoms. The Bertz CT molecular complexity index is 646. The Labute approximate surface area is 126 Å². The minimum absolute atomic E-state index is 0.510. The van der Waals surface area contributed by atoms with Gasteiger partial charge in [0, 0.05) is 19.6 Å². The maximum Gasteiger partial charge on any atom is 0.162 e. The van der Waals surface area contributed by atoms with Crippen molar-refractivity contribution in [2.75, 3.05) is 13.1 Å². The standard InChI is InChI=1S/C17H22N4/c1-17(2)13-4-3-12(16(17)7-13)10-20-5-6-21-15(11-20)8-14(9-18)19-21/h3,8,13,16H,4-7,10-11H2,1-2H3/t13-,16-/m0/s1. The number of allylic oxidation sites excluding steroid dienone is 1. The zero-order chi connectivity index (χ0) is 14.6. The molecule has 0 N–H and O–H groups in total. The molecule has 21 heavy (non-hydrogen) atoms. The second kappa shape index (κ2) is 4.45. The van der Waals surface area contributed by atoms with Crippen molar-refractivity contribution < 1.29 is 0 Å². The van der Waals surface area contributed by atoms with E-state index in [1.807, 2.05) is 10.7 Å². The van der Waals surface area contributed by atoms with E-state index in [1.54, 1.807) is 5.57 Å². The molecule has 4 heteroatoms. The van der Waals surface area contributed by atoms with E-state index in [4.69, 9.17) is 5.26 Å². The third kappa shape index (κ3) is 1.95. The van der Waals surface area contributed by atoms with Crippen LogP contribution in [0.4, 0.5) is 0 Å². The smallest absolute Gasteiger partial charge is 0.162 e. The first kappa shape index (κ1) is 13.1. The van der Waals surface area contributed by atoms with Gasteiger partial charge in [-0.05, 0) is 36.2 Å². The van der Waals surface area contributed by atoms with Crippen LogP contribution in [0, 0.1) is 28.6 Å². The lowest BCUT2D eigenvalue weighted by atomic mass is 9.49. The van der Waals surface area contributed by atoms with Crippen molar-refractivity contribution in [3.8, 4) is 6.07 Å². The summed E-state index contributed by atoms with van der Waals surface area (Å²) in [5.74, 6) is 1.70. The predicted molar refractivity (Wildman–Crippen MR) is 80.3 cm³/mol. The fraction of sp³-hybridized carbons (Fsp3) is 0.647. The zero-order valence-electron chi connectivity index (χ0n) is 12.8. The maximum atomic E-state index is 8.96. The molecule has 1 aromatic rings. The Morgan fingerprint density at radius 1 is 1.43 bits per heavy atom. The molecule has 0 unspecified atom stereocenters. The van der Waals surface area contributed by atoms with Gasteiger partial charge in [-0.3, -0.25) is 9.58 Å². The summed E-state index contributed by atoms with van der Waals surface area (Å²) in [6, 6.07) is 4.08. The molecule has 4 aliphatic rings. The van der Waals surface area contributed by atoms with E-state index < -0.39 is 0 Å². The van der Waals surface area contributed by atoms with Crippen molar-refractivity contribution in [1.29, 1.82) is 5.26 Å². The van der Waals surface area contributed by atoms with Crippen LogP contribution in [0.1, 0.15) is 38.1 Å². The lowest BCUT2D eigenvalue weighted by Gasteiger charge is -2.57. The third-order valence-electron chi connectivity index (χ3n) is 5.98. The van der Waals surface area contributed by atoms with E-state index in [0.717, 1.165) is 38.0 Å². The normalized spacial score (nSPS) is 30.0. The van der Waals surface area contributed by atoms with E-state index in [2.05, 4.69) is 36.0 Å². The number of nitriles is 1. The van der Waals surface area contributed by atoms with Crippen molar-refractivity contribution in [3.05, 3.63) is 29.1 Å². The summed E-state index contributed by atoms with van der Waals surface area (Å²) in [5.41, 5.74) is 3.89. The highest BCUT2D eigenvalue weighted by atomic mass is 15.3. The summed E-state index contributed by atoms with van der Waals surface area (Å²) < 4.78 is 1.99. The lowest BCUT2D eigenvalue weighted by Crippen LogP contribution is -2.50. The summed E-state index contributed by atoms with van der Waals surface area (Å²) in [6.07, 6.45) is 5.16. The molecule has 2 heterocycles. The second-order valence-corrected chi connectivity index (χ2v) is 7.39. The first-order chi connectivity index (χ1) is 10.1. The van der Waals surface area contributed by atoms with Gasteiger partial charge in [0.15, 0.2) is 5.69 Å². The van der Waals surface area contributed by atoms with Crippen LogP contribution < -0.4 is 0 Å². The molecular formula is C17H22N4. The van der Waals surface area contributed by atoms with Gasteiger partial charge in [0.05, 0.1) is 12.2 Å². The number of hydrogen-bond acceptors (Lipinski definition) is 3. The fourth-order valence-electron chi connectivity index (χ4n) is 4.42. The van der Waals surface area contributed by atoms with Gasteiger partial charge in [-0.2, -0.15) is 10.4 Å². The van der Waals surface area contributed by atoms with E-state index in [9.17, 15) is 0 Å². The lowest BCUT2D eigenvalue weighted by molar-refractivity contribution is -0.0114. The average molecular weight is 282 g/mol. The average Bonchev–Trinajstić information content (AvgIpc) is 2.89. The minimum atomic E-state index is 0.510. The van der Waals surface area contributed by atoms with Crippen LogP contribution in [-0.4, -0.2) is 27.8 Å². The molecule has 1 fully saturated rings. The summed E-state index contributed by atoms with van der Waals surface area (Å²) >= 11 is 0. The van der Waals surface area contributed by atoms with Gasteiger partial charge in [0.25, 0.3) is 0 Å². The highest BCUT2D eigenvalue weighted by molar-refractivity contribution is 5.26. The number of aromatic nitrogens is 2. The van der Waals surface area contributed by atoms with Crippen molar-refractivity contribution in [2.24, 2.45) is 17.3 Å². The third-order valence-corrected chi connectivity index (χ3v) is 5.98. The molecule has 3 aliphatic carbocycles. The summed E-state index contributed by atoms with van der Waals surface area (Å²) in [4.78, 5) is 2.51. The van der Waals surface area contributed by atoms with E-state index in [1.165, 1.54) is 18.5 Å². The van der Waals surface area contributed by atoms with Gasteiger partial charge < -0.3 is 0 Å². The molecule has 0 radical (unpaired) electrons. The van der Waals surface area contributed by atoms with Gasteiger partial charge in [-0.1, -0.05) is 25.5 Å². The molecule has 0 aromatic carbocycles. The van der Waals surface area contributed by atoms with Crippen LogP contribution >= 0.6 is 0 Å². The second-order valence-electron chi connectivity index (χ2n) is 7.39. The van der Waals surface area contributed by atoms with Gasteiger partial charge in [-0.15, -0.1) is 0 Å². The first-order valence-corrected chi connectivity index (χ1v) is 7.96. The van der Waals surface area contributed by atoms with Crippen molar-refractivity contribution in [2.45, 2.75) is 39.8 Å². The molecule has 2 bridgehead atoms. The van der Waals surface area contributed by atoms with E-state index >= 15 is 0 Å². The molecule has 1 saturated carbocycles. The fourth-order valence-corrected chi connectivity index (χ4v) is 4.42. The number of nitrogens with zero attached hydrogens (tertiary/aromatic N) is 4.